The summed E-state index contributed by atoms with van der Waals surface area (Å²) in [5.41, 5.74) is 2.45. The second-order valence-corrected chi connectivity index (χ2v) is 9.51. The predicted molar refractivity (Wildman–Crippen MR) is 118 cm³/mol. The first-order chi connectivity index (χ1) is 14.9. The van der Waals surface area contributed by atoms with Crippen LogP contribution in [0.5, 0.6) is 0 Å². The Balaban J connectivity index is 1.29. The summed E-state index contributed by atoms with van der Waals surface area (Å²) in [6.45, 7) is 5.06. The van der Waals surface area contributed by atoms with Crippen molar-refractivity contribution < 1.29 is 23.8 Å². The Bertz CT molecular complexity index is 846. The molecule has 2 fully saturated rings. The van der Waals surface area contributed by atoms with Gasteiger partial charge in [0, 0.05) is 5.57 Å². The third-order valence-corrected chi connectivity index (χ3v) is 7.11. The van der Waals surface area contributed by atoms with E-state index < -0.39 is 11.6 Å². The number of hydrogen-bond donors (Lipinski definition) is 1. The van der Waals surface area contributed by atoms with Crippen molar-refractivity contribution in [3.63, 3.8) is 0 Å². The highest BCUT2D eigenvalue weighted by molar-refractivity contribution is 5.77. The van der Waals surface area contributed by atoms with Crippen molar-refractivity contribution >= 4 is 11.5 Å². The molecule has 1 aromatic rings. The van der Waals surface area contributed by atoms with Crippen LogP contribution in [0.15, 0.2) is 22.1 Å². The van der Waals surface area contributed by atoms with E-state index in [-0.39, 0.29) is 6.10 Å². The van der Waals surface area contributed by atoms with E-state index in [1.54, 1.807) is 0 Å². The largest absolute Gasteiger partial charge is 0.479 e. The topological polar surface area (TPSA) is 81.8 Å². The van der Waals surface area contributed by atoms with Crippen molar-refractivity contribution in [1.82, 2.24) is 4.98 Å². The zero-order valence-corrected chi connectivity index (χ0v) is 18.8. The minimum absolute atomic E-state index is 0.158. The molecule has 1 heterocycles. The van der Waals surface area contributed by atoms with E-state index in [0.29, 0.717) is 37.9 Å². The van der Waals surface area contributed by atoms with Crippen LogP contribution in [0, 0.1) is 12.8 Å². The van der Waals surface area contributed by atoms with E-state index in [1.165, 1.54) is 5.57 Å². The number of carbonyl (C=O) groups is 1. The average molecular weight is 430 g/mol. The number of nitrogens with zero attached hydrogens (tertiary/aromatic N) is 1. The van der Waals surface area contributed by atoms with Gasteiger partial charge in [0.15, 0.2) is 5.60 Å². The molecule has 4 rings (SSSR count). The molecule has 3 aliphatic carbocycles. The molecule has 0 radical (unpaired) electrons. The summed E-state index contributed by atoms with van der Waals surface area (Å²) < 4.78 is 18.1. The maximum atomic E-state index is 11.7. The zero-order valence-electron chi connectivity index (χ0n) is 18.8. The lowest BCUT2D eigenvalue weighted by molar-refractivity contribution is -0.168. The summed E-state index contributed by atoms with van der Waals surface area (Å²) in [5, 5.41) is 9.62. The molecule has 0 aromatic carbocycles. The molecule has 2 atom stereocenters. The Morgan fingerprint density at radius 3 is 2.71 bits per heavy atom. The van der Waals surface area contributed by atoms with Crippen LogP contribution in [-0.2, 0) is 20.9 Å². The van der Waals surface area contributed by atoms with Gasteiger partial charge in [0.25, 0.3) is 0 Å². The normalized spacial score (nSPS) is 25.9. The quantitative estimate of drug-likeness (QED) is 0.579. The smallest absolute Gasteiger partial charge is 0.335 e. The molecule has 3 aliphatic rings. The van der Waals surface area contributed by atoms with Gasteiger partial charge >= 0.3 is 5.97 Å². The van der Waals surface area contributed by atoms with Crippen LogP contribution in [0.4, 0.5) is 0 Å². The minimum atomic E-state index is -0.955. The van der Waals surface area contributed by atoms with E-state index in [2.05, 4.69) is 19.1 Å². The van der Waals surface area contributed by atoms with E-state index in [9.17, 15) is 9.90 Å². The molecule has 6 heteroatoms. The van der Waals surface area contributed by atoms with Gasteiger partial charge in [-0.25, -0.2) is 9.78 Å². The summed E-state index contributed by atoms with van der Waals surface area (Å²) in [5.74, 6) is 1.09. The molecule has 31 heavy (non-hydrogen) atoms. The summed E-state index contributed by atoms with van der Waals surface area (Å²) in [7, 11) is 0. The monoisotopic (exact) mass is 429 g/mol. The van der Waals surface area contributed by atoms with Gasteiger partial charge in [-0.15, -0.1) is 0 Å². The van der Waals surface area contributed by atoms with E-state index >= 15 is 0 Å². The number of hydrogen-bond acceptors (Lipinski definition) is 5. The molecule has 1 aromatic heterocycles. The van der Waals surface area contributed by atoms with Crippen molar-refractivity contribution in [3.05, 3.63) is 35.1 Å². The molecule has 6 nitrogen and oxygen atoms in total. The molecule has 0 amide bonds. The van der Waals surface area contributed by atoms with Gasteiger partial charge in [-0.3, -0.25) is 0 Å². The first-order valence-corrected chi connectivity index (χ1v) is 11.8. The second-order valence-electron chi connectivity index (χ2n) is 9.51. The van der Waals surface area contributed by atoms with Crippen molar-refractivity contribution in [2.75, 3.05) is 6.61 Å². The second kappa shape index (κ2) is 9.70. The lowest BCUT2D eigenvalue weighted by atomic mass is 9.87. The van der Waals surface area contributed by atoms with Crippen molar-refractivity contribution in [2.45, 2.75) is 96.4 Å². The number of carboxylic acid groups (broad SMARTS) is 1. The number of carboxylic acids is 1. The average Bonchev–Trinajstić information content (AvgIpc) is 3.39. The van der Waals surface area contributed by atoms with Crippen LogP contribution in [0.25, 0.3) is 5.57 Å². The molecule has 1 N–H and O–H groups in total. The third-order valence-electron chi connectivity index (χ3n) is 7.11. The highest BCUT2D eigenvalue weighted by Crippen LogP contribution is 2.36. The first kappa shape index (κ1) is 22.3. The fourth-order valence-electron chi connectivity index (χ4n) is 5.00. The molecular formula is C25H35NO5. The molecule has 0 bridgehead atoms. The van der Waals surface area contributed by atoms with Gasteiger partial charge in [-0.1, -0.05) is 24.1 Å². The van der Waals surface area contributed by atoms with Gasteiger partial charge in [-0.2, -0.15) is 0 Å². The van der Waals surface area contributed by atoms with E-state index in [4.69, 9.17) is 18.9 Å². The van der Waals surface area contributed by atoms with Crippen LogP contribution in [0.3, 0.4) is 0 Å². The van der Waals surface area contributed by atoms with E-state index in [1.807, 2.05) is 6.92 Å². The van der Waals surface area contributed by atoms with Crippen LogP contribution in [0.1, 0.15) is 88.5 Å². The van der Waals surface area contributed by atoms with Crippen LogP contribution in [-0.4, -0.2) is 34.4 Å². The van der Waals surface area contributed by atoms with Gasteiger partial charge in [0.2, 0.25) is 5.89 Å². The standard InChI is InChI=1S/C25H35NO5/c1-17-8-10-20(11-9-17)23-26-22(18(2)31-23)16-29-21-7-5-6-19(14-21)15-30-25(24(27)28)12-3-4-13-25/h8,10,19,21H,3-7,9,11-16H2,1-2H3,(H,27,28). The van der Waals surface area contributed by atoms with E-state index in [0.717, 1.165) is 68.4 Å². The Labute approximate surface area is 184 Å². The number of rotatable bonds is 8. The molecule has 2 saturated carbocycles. The van der Waals surface area contributed by atoms with Gasteiger partial charge in [0.05, 0.1) is 19.3 Å². The van der Waals surface area contributed by atoms with Gasteiger partial charge < -0.3 is 19.0 Å². The highest BCUT2D eigenvalue weighted by Gasteiger charge is 2.43. The Hall–Kier alpha value is -1.92. The summed E-state index contributed by atoms with van der Waals surface area (Å²) in [6.07, 6.45) is 13.7. The molecule has 0 spiro atoms. The van der Waals surface area contributed by atoms with Crippen molar-refractivity contribution in [1.29, 1.82) is 0 Å². The summed E-state index contributed by atoms with van der Waals surface area (Å²) >= 11 is 0. The number of aromatic nitrogens is 1. The maximum Gasteiger partial charge on any atom is 0.335 e. The summed E-state index contributed by atoms with van der Waals surface area (Å²) in [6, 6.07) is 0. The Kier molecular flexibility index (Phi) is 6.97. The minimum Gasteiger partial charge on any atom is -0.479 e. The molecule has 2 unspecified atom stereocenters. The summed E-state index contributed by atoms with van der Waals surface area (Å²) in [4.78, 5) is 16.4. The Morgan fingerprint density at radius 2 is 2.00 bits per heavy atom. The third kappa shape index (κ3) is 5.29. The molecule has 0 saturated heterocycles. The van der Waals surface area contributed by atoms with Crippen LogP contribution >= 0.6 is 0 Å². The van der Waals surface area contributed by atoms with Gasteiger partial charge in [-0.05, 0) is 77.6 Å². The predicted octanol–water partition coefficient (Wildman–Crippen LogP) is 5.60. The highest BCUT2D eigenvalue weighted by atomic mass is 16.5. The first-order valence-electron chi connectivity index (χ1n) is 11.8. The van der Waals surface area contributed by atoms with Crippen LogP contribution < -0.4 is 0 Å². The number of allylic oxidation sites excluding steroid dienone is 4. The fraction of sp³-hybridized carbons (Fsp3) is 0.680. The Morgan fingerprint density at radius 1 is 1.19 bits per heavy atom. The van der Waals surface area contributed by atoms with Crippen LogP contribution in [0.2, 0.25) is 0 Å². The maximum absolute atomic E-state index is 11.7. The fourth-order valence-corrected chi connectivity index (χ4v) is 5.00. The number of aliphatic carboxylic acids is 1. The van der Waals surface area contributed by atoms with Crippen molar-refractivity contribution in [2.24, 2.45) is 5.92 Å². The SMILES string of the molecule is CC1=CC=C(c2nc(COC3CCCC(COC4(C(=O)O)CCCC4)C3)c(C)o2)CC1. The number of aryl methyl sites for hydroxylation is 1. The molecule has 0 aliphatic heterocycles. The number of oxazole rings is 1. The lowest BCUT2D eigenvalue weighted by Crippen LogP contribution is -2.40. The number of ether oxygens (including phenoxy) is 2. The van der Waals surface area contributed by atoms with Crippen molar-refractivity contribution in [3.8, 4) is 0 Å². The molecule has 170 valence electrons. The lowest BCUT2D eigenvalue weighted by Gasteiger charge is -2.32. The van der Waals surface area contributed by atoms with Gasteiger partial charge in [0.1, 0.15) is 11.5 Å². The zero-order chi connectivity index (χ0) is 21.8. The molecular weight excluding hydrogens is 394 g/mol.